The Morgan fingerprint density at radius 1 is 0.704 bits per heavy atom. The predicted molar refractivity (Wildman–Crippen MR) is 109 cm³/mol. The molecule has 1 atom stereocenters. The van der Waals surface area contributed by atoms with Crippen LogP contribution in [0, 0.1) is 5.92 Å². The van der Waals surface area contributed by atoms with Crippen molar-refractivity contribution in [3.63, 3.8) is 0 Å². The van der Waals surface area contributed by atoms with Crippen molar-refractivity contribution >= 4 is 11.9 Å². The molecule has 0 spiro atoms. The van der Waals surface area contributed by atoms with E-state index in [1.165, 1.54) is 32.1 Å². The van der Waals surface area contributed by atoms with Gasteiger partial charge in [0.25, 0.3) is 0 Å². The molecule has 0 heterocycles. The third-order valence-electron chi connectivity index (χ3n) is 4.68. The van der Waals surface area contributed by atoms with E-state index in [4.69, 9.17) is 14.2 Å². The topological polar surface area (TPSA) is 61.8 Å². The van der Waals surface area contributed by atoms with Crippen LogP contribution in [0.1, 0.15) is 97.8 Å². The summed E-state index contributed by atoms with van der Waals surface area (Å²) >= 11 is 0. The van der Waals surface area contributed by atoms with Crippen LogP contribution in [0.15, 0.2) is 0 Å². The molecule has 0 aromatic heterocycles. The lowest BCUT2D eigenvalue weighted by Gasteiger charge is -2.13. The lowest BCUT2D eigenvalue weighted by molar-refractivity contribution is -0.150. The van der Waals surface area contributed by atoms with Crippen LogP contribution in [-0.2, 0) is 23.8 Å². The summed E-state index contributed by atoms with van der Waals surface area (Å²) in [6, 6.07) is 0. The summed E-state index contributed by atoms with van der Waals surface area (Å²) in [6.45, 7) is 7.54. The van der Waals surface area contributed by atoms with Crippen molar-refractivity contribution in [3.8, 4) is 0 Å². The fourth-order valence-electron chi connectivity index (χ4n) is 2.87. The normalized spacial score (nSPS) is 12.0. The summed E-state index contributed by atoms with van der Waals surface area (Å²) < 4.78 is 15.7. The molecule has 0 aromatic carbocycles. The molecule has 0 fully saturated rings. The van der Waals surface area contributed by atoms with Crippen LogP contribution in [0.3, 0.4) is 0 Å². The molecule has 27 heavy (non-hydrogen) atoms. The van der Waals surface area contributed by atoms with Gasteiger partial charge in [0, 0.05) is 6.42 Å². The second-order valence-corrected chi connectivity index (χ2v) is 7.12. The van der Waals surface area contributed by atoms with Crippen molar-refractivity contribution in [2.45, 2.75) is 97.8 Å². The lowest BCUT2D eigenvalue weighted by atomic mass is 10.00. The van der Waals surface area contributed by atoms with E-state index in [0.717, 1.165) is 38.5 Å². The monoisotopic (exact) mass is 386 g/mol. The molecule has 0 N–H and O–H groups in total. The van der Waals surface area contributed by atoms with Gasteiger partial charge in [-0.15, -0.1) is 0 Å². The van der Waals surface area contributed by atoms with E-state index in [2.05, 4.69) is 13.8 Å². The van der Waals surface area contributed by atoms with Gasteiger partial charge in [0.15, 0.2) is 0 Å². The van der Waals surface area contributed by atoms with Crippen LogP contribution in [0.25, 0.3) is 0 Å². The van der Waals surface area contributed by atoms with E-state index in [9.17, 15) is 9.59 Å². The molecule has 0 aromatic rings. The van der Waals surface area contributed by atoms with Gasteiger partial charge in [-0.25, -0.2) is 0 Å². The third-order valence-corrected chi connectivity index (χ3v) is 4.68. The molecule has 0 rings (SSSR count). The van der Waals surface area contributed by atoms with E-state index in [1.54, 1.807) is 0 Å². The van der Waals surface area contributed by atoms with Gasteiger partial charge in [-0.3, -0.25) is 9.59 Å². The quantitative estimate of drug-likeness (QED) is 0.218. The van der Waals surface area contributed by atoms with Gasteiger partial charge in [-0.05, 0) is 19.3 Å². The SMILES string of the molecule is CCCCCCCCCC(=O)OCCOCCOC(=O)C(CC)CCCC. The summed E-state index contributed by atoms with van der Waals surface area (Å²) in [4.78, 5) is 23.5. The minimum Gasteiger partial charge on any atom is -0.463 e. The van der Waals surface area contributed by atoms with Gasteiger partial charge in [-0.2, -0.15) is 0 Å². The van der Waals surface area contributed by atoms with Crippen LogP contribution < -0.4 is 0 Å². The van der Waals surface area contributed by atoms with Crippen molar-refractivity contribution in [1.29, 1.82) is 0 Å². The van der Waals surface area contributed by atoms with Crippen molar-refractivity contribution in [1.82, 2.24) is 0 Å². The Morgan fingerprint density at radius 3 is 1.93 bits per heavy atom. The summed E-state index contributed by atoms with van der Waals surface area (Å²) in [5.41, 5.74) is 0. The lowest BCUT2D eigenvalue weighted by Crippen LogP contribution is -2.20. The van der Waals surface area contributed by atoms with Gasteiger partial charge in [0.2, 0.25) is 0 Å². The Morgan fingerprint density at radius 2 is 1.30 bits per heavy atom. The minimum atomic E-state index is -0.153. The molecule has 0 bridgehead atoms. The highest BCUT2D eigenvalue weighted by Gasteiger charge is 2.16. The molecule has 160 valence electrons. The van der Waals surface area contributed by atoms with Crippen LogP contribution >= 0.6 is 0 Å². The zero-order valence-corrected chi connectivity index (χ0v) is 17.9. The first kappa shape index (κ1) is 25.9. The summed E-state index contributed by atoms with van der Waals surface area (Å²) in [5.74, 6) is -0.284. The molecule has 0 aliphatic carbocycles. The maximum Gasteiger partial charge on any atom is 0.308 e. The largest absolute Gasteiger partial charge is 0.463 e. The number of esters is 2. The molecule has 0 radical (unpaired) electrons. The fourth-order valence-corrected chi connectivity index (χ4v) is 2.87. The first-order valence-corrected chi connectivity index (χ1v) is 11.1. The number of ether oxygens (including phenoxy) is 3. The number of unbranched alkanes of at least 4 members (excludes halogenated alkanes) is 7. The predicted octanol–water partition coefficient (Wildman–Crippen LogP) is 5.45. The van der Waals surface area contributed by atoms with Gasteiger partial charge in [-0.1, -0.05) is 72.1 Å². The van der Waals surface area contributed by atoms with Gasteiger partial charge < -0.3 is 14.2 Å². The maximum atomic E-state index is 11.9. The number of hydrogen-bond donors (Lipinski definition) is 0. The zero-order valence-electron chi connectivity index (χ0n) is 17.9. The smallest absolute Gasteiger partial charge is 0.308 e. The third kappa shape index (κ3) is 16.8. The number of rotatable bonds is 19. The second-order valence-electron chi connectivity index (χ2n) is 7.12. The molecule has 1 unspecified atom stereocenters. The Balaban J connectivity index is 3.45. The average molecular weight is 387 g/mol. The van der Waals surface area contributed by atoms with Crippen LogP contribution in [-0.4, -0.2) is 38.4 Å². The minimum absolute atomic E-state index is 0.00227. The molecule has 0 amide bonds. The number of carbonyl (C=O) groups excluding carboxylic acids is 2. The molecule has 5 nitrogen and oxygen atoms in total. The number of carbonyl (C=O) groups is 2. The molecular weight excluding hydrogens is 344 g/mol. The molecule has 0 saturated heterocycles. The van der Waals surface area contributed by atoms with E-state index in [0.29, 0.717) is 19.6 Å². The van der Waals surface area contributed by atoms with Crippen molar-refractivity contribution in [2.24, 2.45) is 5.92 Å². The highest BCUT2D eigenvalue weighted by molar-refractivity contribution is 5.72. The average Bonchev–Trinajstić information content (AvgIpc) is 2.67. The molecule has 0 saturated carbocycles. The Hall–Kier alpha value is -1.10. The van der Waals surface area contributed by atoms with Crippen molar-refractivity contribution in [2.75, 3.05) is 26.4 Å². The molecule has 5 heteroatoms. The summed E-state index contributed by atoms with van der Waals surface area (Å²) in [5, 5.41) is 0. The zero-order chi connectivity index (χ0) is 20.2. The standard InChI is InChI=1S/C22H42O5/c1-4-7-9-10-11-12-13-15-21(23)26-18-16-25-17-19-27-22(24)20(6-3)14-8-5-2/h20H,4-19H2,1-3H3. The molecule has 0 aliphatic heterocycles. The second kappa shape index (κ2) is 19.7. The van der Waals surface area contributed by atoms with E-state index in [1.807, 2.05) is 6.92 Å². The number of hydrogen-bond acceptors (Lipinski definition) is 5. The Bertz CT molecular complexity index is 357. The first-order valence-electron chi connectivity index (χ1n) is 11.1. The summed E-state index contributed by atoms with van der Waals surface area (Å²) in [7, 11) is 0. The van der Waals surface area contributed by atoms with Gasteiger partial charge in [0.05, 0.1) is 19.1 Å². The van der Waals surface area contributed by atoms with Crippen LogP contribution in [0.5, 0.6) is 0 Å². The highest BCUT2D eigenvalue weighted by Crippen LogP contribution is 2.14. The Kier molecular flexibility index (Phi) is 18.9. The highest BCUT2D eigenvalue weighted by atomic mass is 16.6. The Labute approximate surface area is 166 Å². The fraction of sp³-hybridized carbons (Fsp3) is 0.909. The van der Waals surface area contributed by atoms with Crippen LogP contribution in [0.4, 0.5) is 0 Å². The van der Waals surface area contributed by atoms with Crippen molar-refractivity contribution < 1.29 is 23.8 Å². The molecule has 0 aliphatic rings. The van der Waals surface area contributed by atoms with Crippen molar-refractivity contribution in [3.05, 3.63) is 0 Å². The first-order chi connectivity index (χ1) is 13.2. The van der Waals surface area contributed by atoms with Gasteiger partial charge >= 0.3 is 11.9 Å². The summed E-state index contributed by atoms with van der Waals surface area (Å²) in [6.07, 6.45) is 12.7. The maximum absolute atomic E-state index is 11.9. The van der Waals surface area contributed by atoms with Gasteiger partial charge in [0.1, 0.15) is 13.2 Å². The van der Waals surface area contributed by atoms with E-state index < -0.39 is 0 Å². The van der Waals surface area contributed by atoms with E-state index >= 15 is 0 Å². The molecular formula is C22H42O5. The van der Waals surface area contributed by atoms with E-state index in [-0.39, 0.29) is 31.1 Å². The van der Waals surface area contributed by atoms with Crippen LogP contribution in [0.2, 0.25) is 0 Å².